The largest absolute Gasteiger partial charge is 0.329 e. The zero-order chi connectivity index (χ0) is 14.3. The van der Waals surface area contributed by atoms with Crippen LogP contribution in [-0.2, 0) is 4.79 Å². The van der Waals surface area contributed by atoms with Gasteiger partial charge in [-0.1, -0.05) is 6.58 Å². The first-order valence-electron chi connectivity index (χ1n) is 6.55. The molecule has 3 rings (SSSR count). The van der Waals surface area contributed by atoms with E-state index in [0.29, 0.717) is 0 Å². The van der Waals surface area contributed by atoms with Crippen molar-refractivity contribution in [1.82, 2.24) is 19.3 Å². The number of amides is 1. The zero-order valence-electron chi connectivity index (χ0n) is 11.2. The predicted octanol–water partition coefficient (Wildman–Crippen LogP) is 2.65. The van der Waals surface area contributed by atoms with Gasteiger partial charge in [0.15, 0.2) is 0 Å². The van der Waals surface area contributed by atoms with Crippen LogP contribution in [0.15, 0.2) is 29.7 Å². The van der Waals surface area contributed by atoms with Crippen molar-refractivity contribution in [3.8, 4) is 0 Å². The first-order valence-corrected chi connectivity index (χ1v) is 7.35. The predicted molar refractivity (Wildman–Crippen MR) is 79.3 cm³/mol. The van der Waals surface area contributed by atoms with Gasteiger partial charge in [0.1, 0.15) is 15.9 Å². The normalized spacial score (nSPS) is 18.7. The van der Waals surface area contributed by atoms with E-state index < -0.39 is 0 Å². The maximum atomic E-state index is 12.0. The number of halogens is 1. The molecule has 0 aliphatic carbocycles. The topological polar surface area (TPSA) is 50.5 Å². The number of fused-ring (bicyclic) bond motifs is 1. The van der Waals surface area contributed by atoms with Crippen LogP contribution in [0, 0.1) is 6.92 Å². The summed E-state index contributed by atoms with van der Waals surface area (Å²) in [5, 5.41) is 0. The summed E-state index contributed by atoms with van der Waals surface area (Å²) in [7, 11) is 0. The van der Waals surface area contributed by atoms with Gasteiger partial charge < -0.3 is 4.90 Å². The first-order chi connectivity index (χ1) is 9.63. The molecule has 5 nitrogen and oxygen atoms in total. The molecule has 2 aromatic heterocycles. The zero-order valence-corrected chi connectivity index (χ0v) is 12.8. The third kappa shape index (κ3) is 1.95. The van der Waals surface area contributed by atoms with E-state index in [1.165, 1.54) is 6.08 Å². The molecule has 1 atom stereocenters. The fraction of sp³-hybridized carbons (Fsp3) is 0.357. The van der Waals surface area contributed by atoms with E-state index >= 15 is 0 Å². The first kappa shape index (κ1) is 13.3. The van der Waals surface area contributed by atoms with Gasteiger partial charge in [0.25, 0.3) is 0 Å². The van der Waals surface area contributed by atoms with Gasteiger partial charge in [-0.2, -0.15) is 0 Å². The highest BCUT2D eigenvalue weighted by atomic mass is 79.9. The SMILES string of the molecule is C=CC(=O)N1CCC[C@H]1c1nc(Br)c2c(C)nccn12. The quantitative estimate of drug-likeness (QED) is 0.793. The van der Waals surface area contributed by atoms with Crippen LogP contribution < -0.4 is 0 Å². The van der Waals surface area contributed by atoms with Crippen LogP contribution in [0.1, 0.15) is 30.4 Å². The second-order valence-corrected chi connectivity index (χ2v) is 5.64. The van der Waals surface area contributed by atoms with Crippen molar-refractivity contribution in [3.05, 3.63) is 41.2 Å². The van der Waals surface area contributed by atoms with Crippen LogP contribution in [-0.4, -0.2) is 31.7 Å². The Morgan fingerprint density at radius 1 is 1.60 bits per heavy atom. The van der Waals surface area contributed by atoms with E-state index in [4.69, 9.17) is 0 Å². The molecule has 104 valence electrons. The number of likely N-dealkylation sites (tertiary alicyclic amines) is 1. The molecule has 0 unspecified atom stereocenters. The summed E-state index contributed by atoms with van der Waals surface area (Å²) >= 11 is 3.49. The second-order valence-electron chi connectivity index (χ2n) is 4.89. The van der Waals surface area contributed by atoms with Crippen molar-refractivity contribution in [2.45, 2.75) is 25.8 Å². The maximum absolute atomic E-state index is 12.0. The Labute approximate surface area is 125 Å². The molecule has 0 aromatic carbocycles. The lowest BCUT2D eigenvalue weighted by atomic mass is 10.2. The van der Waals surface area contributed by atoms with Crippen molar-refractivity contribution >= 4 is 27.4 Å². The van der Waals surface area contributed by atoms with Crippen LogP contribution in [0.25, 0.3) is 5.52 Å². The molecule has 0 bridgehead atoms. The highest BCUT2D eigenvalue weighted by Gasteiger charge is 2.32. The van der Waals surface area contributed by atoms with Crippen molar-refractivity contribution in [3.63, 3.8) is 0 Å². The number of imidazole rings is 1. The van der Waals surface area contributed by atoms with E-state index in [1.54, 1.807) is 6.20 Å². The summed E-state index contributed by atoms with van der Waals surface area (Å²) in [4.78, 5) is 22.7. The molecular weight excluding hydrogens is 320 g/mol. The summed E-state index contributed by atoms with van der Waals surface area (Å²) in [6.45, 7) is 6.28. The Bertz CT molecular complexity index is 694. The highest BCUT2D eigenvalue weighted by molar-refractivity contribution is 9.10. The summed E-state index contributed by atoms with van der Waals surface area (Å²) in [6.07, 6.45) is 6.93. The molecule has 3 heterocycles. The minimum Gasteiger partial charge on any atom is -0.329 e. The van der Waals surface area contributed by atoms with Gasteiger partial charge in [0.05, 0.1) is 11.7 Å². The molecule has 1 amide bonds. The lowest BCUT2D eigenvalue weighted by Gasteiger charge is -2.22. The summed E-state index contributed by atoms with van der Waals surface area (Å²) in [5.41, 5.74) is 1.87. The minimum absolute atomic E-state index is 0.00102. The van der Waals surface area contributed by atoms with Gasteiger partial charge in [0.2, 0.25) is 5.91 Å². The number of carbonyl (C=O) groups is 1. The van der Waals surface area contributed by atoms with Crippen molar-refractivity contribution < 1.29 is 4.79 Å². The fourth-order valence-corrected chi connectivity index (χ4v) is 3.48. The summed E-state index contributed by atoms with van der Waals surface area (Å²) in [5.74, 6) is 0.844. The van der Waals surface area contributed by atoms with Gasteiger partial charge in [-0.15, -0.1) is 0 Å². The molecule has 1 aliphatic rings. The van der Waals surface area contributed by atoms with Crippen LogP contribution >= 0.6 is 15.9 Å². The smallest absolute Gasteiger partial charge is 0.246 e. The summed E-state index contributed by atoms with van der Waals surface area (Å²) in [6, 6.07) is 0.00102. The Morgan fingerprint density at radius 2 is 2.40 bits per heavy atom. The van der Waals surface area contributed by atoms with Crippen LogP contribution in [0.3, 0.4) is 0 Å². The third-order valence-corrected chi connectivity index (χ3v) is 4.28. The molecule has 6 heteroatoms. The van der Waals surface area contributed by atoms with Crippen molar-refractivity contribution in [2.24, 2.45) is 0 Å². The Balaban J connectivity index is 2.13. The lowest BCUT2D eigenvalue weighted by Crippen LogP contribution is -2.29. The van der Waals surface area contributed by atoms with Crippen LogP contribution in [0.4, 0.5) is 0 Å². The molecule has 1 aliphatic heterocycles. The Hall–Kier alpha value is -1.69. The number of rotatable bonds is 2. The fourth-order valence-electron chi connectivity index (χ4n) is 2.82. The average molecular weight is 335 g/mol. The van der Waals surface area contributed by atoms with Gasteiger partial charge in [0, 0.05) is 18.9 Å². The molecule has 0 saturated carbocycles. The van der Waals surface area contributed by atoms with Gasteiger partial charge in [-0.3, -0.25) is 14.2 Å². The number of nitrogens with zero attached hydrogens (tertiary/aromatic N) is 4. The molecule has 0 radical (unpaired) electrons. The van der Waals surface area contributed by atoms with Crippen LogP contribution in [0.5, 0.6) is 0 Å². The van der Waals surface area contributed by atoms with E-state index in [0.717, 1.165) is 41.0 Å². The van der Waals surface area contributed by atoms with Crippen molar-refractivity contribution in [1.29, 1.82) is 0 Å². The number of aromatic nitrogens is 3. The summed E-state index contributed by atoms with van der Waals surface area (Å²) < 4.78 is 2.79. The molecule has 0 spiro atoms. The molecular formula is C14H15BrN4O. The van der Waals surface area contributed by atoms with Gasteiger partial charge in [-0.05, 0) is 41.8 Å². The third-order valence-electron chi connectivity index (χ3n) is 3.73. The van der Waals surface area contributed by atoms with Crippen LogP contribution in [0.2, 0.25) is 0 Å². The Morgan fingerprint density at radius 3 is 3.15 bits per heavy atom. The molecule has 1 fully saturated rings. The molecule has 2 aromatic rings. The standard InChI is InChI=1S/C14H15BrN4O/c1-3-11(20)18-7-4-5-10(18)14-17-13(15)12-9(2)16-6-8-19(12)14/h3,6,8,10H,1,4-5,7H2,2H3/t10-/m0/s1. The maximum Gasteiger partial charge on any atom is 0.246 e. The second kappa shape index (κ2) is 5.01. The van der Waals surface area contributed by atoms with E-state index in [2.05, 4.69) is 32.5 Å². The van der Waals surface area contributed by atoms with Gasteiger partial charge >= 0.3 is 0 Å². The average Bonchev–Trinajstić information content (AvgIpc) is 3.03. The lowest BCUT2D eigenvalue weighted by molar-refractivity contribution is -0.127. The number of carbonyl (C=O) groups excluding carboxylic acids is 1. The minimum atomic E-state index is -0.0360. The molecule has 20 heavy (non-hydrogen) atoms. The van der Waals surface area contributed by atoms with Crippen molar-refractivity contribution in [2.75, 3.05) is 6.54 Å². The monoisotopic (exact) mass is 334 g/mol. The molecule has 1 saturated heterocycles. The Kier molecular flexibility index (Phi) is 3.33. The number of aryl methyl sites for hydroxylation is 1. The highest BCUT2D eigenvalue weighted by Crippen LogP contribution is 2.34. The van der Waals surface area contributed by atoms with E-state index in [9.17, 15) is 4.79 Å². The van der Waals surface area contributed by atoms with E-state index in [-0.39, 0.29) is 11.9 Å². The van der Waals surface area contributed by atoms with E-state index in [1.807, 2.05) is 22.4 Å². The van der Waals surface area contributed by atoms with Gasteiger partial charge in [-0.25, -0.2) is 4.98 Å². The number of hydrogen-bond acceptors (Lipinski definition) is 3. The number of hydrogen-bond donors (Lipinski definition) is 0. The molecule has 0 N–H and O–H groups in total.